The first-order valence-corrected chi connectivity index (χ1v) is 4.31. The van der Waals surface area contributed by atoms with Crippen LogP contribution >= 0.6 is 0 Å². The Kier molecular flexibility index (Phi) is 2.72. The van der Waals surface area contributed by atoms with E-state index >= 15 is 0 Å². The van der Waals surface area contributed by atoms with Crippen LogP contribution in [0.4, 0.5) is 0 Å². The summed E-state index contributed by atoms with van der Waals surface area (Å²) in [6, 6.07) is 0. The Balaban J connectivity index is 2.26. The quantitative estimate of drug-likeness (QED) is 0.546. The second-order valence-corrected chi connectivity index (χ2v) is 3.80. The van der Waals surface area contributed by atoms with Crippen LogP contribution in [-0.4, -0.2) is 12.7 Å². The Bertz CT molecular complexity index is 90.9. The summed E-state index contributed by atoms with van der Waals surface area (Å²) in [5.41, 5.74) is 0. The summed E-state index contributed by atoms with van der Waals surface area (Å²) in [4.78, 5) is 0. The van der Waals surface area contributed by atoms with Gasteiger partial charge in [-0.05, 0) is 24.7 Å². The van der Waals surface area contributed by atoms with Crippen molar-refractivity contribution in [3.05, 3.63) is 0 Å². The van der Waals surface area contributed by atoms with Gasteiger partial charge in [0, 0.05) is 6.61 Å². The van der Waals surface area contributed by atoms with Gasteiger partial charge in [-0.2, -0.15) is 0 Å². The van der Waals surface area contributed by atoms with Gasteiger partial charge in [-0.3, -0.25) is 0 Å². The Morgan fingerprint density at radius 3 is 2.40 bits per heavy atom. The van der Waals surface area contributed by atoms with E-state index < -0.39 is 0 Å². The molecule has 0 amide bonds. The molecule has 1 aliphatic heterocycles. The zero-order chi connectivity index (χ0) is 7.56. The maximum absolute atomic E-state index is 5.65. The molecular weight excluding hydrogens is 124 g/mol. The maximum atomic E-state index is 5.65. The molecule has 0 N–H and O–H groups in total. The molecule has 0 aromatic carbocycles. The number of rotatable bonds is 1. The summed E-state index contributed by atoms with van der Waals surface area (Å²) < 4.78 is 5.65. The lowest BCUT2D eigenvalue weighted by Crippen LogP contribution is -2.28. The van der Waals surface area contributed by atoms with Gasteiger partial charge in [-0.1, -0.05) is 20.8 Å². The van der Waals surface area contributed by atoms with E-state index in [-0.39, 0.29) is 0 Å². The monoisotopic (exact) mass is 142 g/mol. The first-order valence-electron chi connectivity index (χ1n) is 4.31. The van der Waals surface area contributed by atoms with Crippen molar-refractivity contribution in [2.75, 3.05) is 6.61 Å². The summed E-state index contributed by atoms with van der Waals surface area (Å²) in [6.07, 6.45) is 3.15. The first kappa shape index (κ1) is 8.06. The smallest absolute Gasteiger partial charge is 0.0598 e. The lowest BCUT2D eigenvalue weighted by atomic mass is 9.94. The predicted octanol–water partition coefficient (Wildman–Crippen LogP) is 2.46. The Morgan fingerprint density at radius 1 is 1.30 bits per heavy atom. The van der Waals surface area contributed by atoms with Gasteiger partial charge in [0.15, 0.2) is 0 Å². The molecule has 10 heavy (non-hydrogen) atoms. The third kappa shape index (κ3) is 1.98. The normalized spacial score (nSPS) is 34.8. The van der Waals surface area contributed by atoms with Crippen molar-refractivity contribution in [3.63, 3.8) is 0 Å². The van der Waals surface area contributed by atoms with E-state index in [1.165, 1.54) is 12.8 Å². The molecule has 0 radical (unpaired) electrons. The molecule has 0 aromatic rings. The average Bonchev–Trinajstić information content (AvgIpc) is 1.88. The zero-order valence-electron chi connectivity index (χ0n) is 7.26. The molecule has 1 rings (SSSR count). The van der Waals surface area contributed by atoms with Crippen molar-refractivity contribution in [3.8, 4) is 0 Å². The second kappa shape index (κ2) is 3.38. The van der Waals surface area contributed by atoms with E-state index in [1.54, 1.807) is 0 Å². The van der Waals surface area contributed by atoms with Gasteiger partial charge >= 0.3 is 0 Å². The van der Waals surface area contributed by atoms with E-state index in [0.717, 1.165) is 12.5 Å². The van der Waals surface area contributed by atoms with E-state index in [0.29, 0.717) is 12.0 Å². The molecule has 0 aliphatic carbocycles. The van der Waals surface area contributed by atoms with E-state index in [2.05, 4.69) is 20.8 Å². The molecule has 0 unspecified atom stereocenters. The average molecular weight is 142 g/mol. The highest BCUT2D eigenvalue weighted by molar-refractivity contribution is 4.69. The molecule has 0 spiro atoms. The largest absolute Gasteiger partial charge is 0.378 e. The lowest BCUT2D eigenvalue weighted by Gasteiger charge is -2.29. The summed E-state index contributed by atoms with van der Waals surface area (Å²) in [5.74, 6) is 1.49. The Morgan fingerprint density at radius 2 is 2.00 bits per heavy atom. The highest BCUT2D eigenvalue weighted by atomic mass is 16.5. The maximum Gasteiger partial charge on any atom is 0.0598 e. The summed E-state index contributed by atoms with van der Waals surface area (Å²) >= 11 is 0. The predicted molar refractivity (Wildman–Crippen MR) is 43.0 cm³/mol. The van der Waals surface area contributed by atoms with Crippen LogP contribution in [0.2, 0.25) is 0 Å². The molecule has 0 bridgehead atoms. The molecule has 2 atom stereocenters. The van der Waals surface area contributed by atoms with Gasteiger partial charge < -0.3 is 4.74 Å². The fourth-order valence-corrected chi connectivity index (χ4v) is 1.43. The van der Waals surface area contributed by atoms with Crippen LogP contribution in [0.15, 0.2) is 0 Å². The standard InChI is InChI=1S/C9H18O/c1-7(2)9-5-4-8(3)6-10-9/h7-9H,4-6H2,1-3H3/t8-,9+/m0/s1. The summed E-state index contributed by atoms with van der Waals surface area (Å²) in [7, 11) is 0. The van der Waals surface area contributed by atoms with Gasteiger partial charge in [0.05, 0.1) is 6.10 Å². The van der Waals surface area contributed by atoms with E-state index in [9.17, 15) is 0 Å². The van der Waals surface area contributed by atoms with Crippen LogP contribution in [0.25, 0.3) is 0 Å². The Labute approximate surface area is 63.8 Å². The van der Waals surface area contributed by atoms with Crippen molar-refractivity contribution < 1.29 is 4.74 Å². The number of hydrogen-bond acceptors (Lipinski definition) is 1. The second-order valence-electron chi connectivity index (χ2n) is 3.80. The fraction of sp³-hybridized carbons (Fsp3) is 1.00. The number of hydrogen-bond donors (Lipinski definition) is 0. The van der Waals surface area contributed by atoms with E-state index in [4.69, 9.17) is 4.74 Å². The van der Waals surface area contributed by atoms with Crippen LogP contribution in [0.3, 0.4) is 0 Å². The molecule has 1 saturated heterocycles. The molecule has 1 nitrogen and oxygen atoms in total. The third-order valence-electron chi connectivity index (χ3n) is 2.28. The summed E-state index contributed by atoms with van der Waals surface area (Å²) in [6.45, 7) is 7.71. The molecule has 60 valence electrons. The van der Waals surface area contributed by atoms with Gasteiger partial charge in [0.1, 0.15) is 0 Å². The molecule has 0 aromatic heterocycles. The van der Waals surface area contributed by atoms with Crippen molar-refractivity contribution >= 4 is 0 Å². The minimum absolute atomic E-state index is 0.538. The molecule has 1 heterocycles. The van der Waals surface area contributed by atoms with Crippen molar-refractivity contribution in [2.45, 2.75) is 39.7 Å². The highest BCUT2D eigenvalue weighted by Gasteiger charge is 2.20. The molecule has 0 saturated carbocycles. The van der Waals surface area contributed by atoms with Gasteiger partial charge in [-0.15, -0.1) is 0 Å². The Hall–Kier alpha value is -0.0400. The fourth-order valence-electron chi connectivity index (χ4n) is 1.43. The van der Waals surface area contributed by atoms with E-state index in [1.807, 2.05) is 0 Å². The van der Waals surface area contributed by atoms with Crippen LogP contribution in [0.5, 0.6) is 0 Å². The molecule has 1 heteroatoms. The van der Waals surface area contributed by atoms with Crippen LogP contribution in [0, 0.1) is 11.8 Å². The van der Waals surface area contributed by atoms with Gasteiger partial charge in [0.25, 0.3) is 0 Å². The highest BCUT2D eigenvalue weighted by Crippen LogP contribution is 2.22. The SMILES string of the molecule is CC(C)[C@H]1CC[C@H](C)CO1. The van der Waals surface area contributed by atoms with Crippen LogP contribution in [0.1, 0.15) is 33.6 Å². The van der Waals surface area contributed by atoms with Crippen molar-refractivity contribution in [1.29, 1.82) is 0 Å². The molecule has 1 aliphatic rings. The topological polar surface area (TPSA) is 9.23 Å². The van der Waals surface area contributed by atoms with Gasteiger partial charge in [0.2, 0.25) is 0 Å². The zero-order valence-corrected chi connectivity index (χ0v) is 7.26. The van der Waals surface area contributed by atoms with Crippen LogP contribution < -0.4 is 0 Å². The molecular formula is C9H18O. The van der Waals surface area contributed by atoms with Crippen LogP contribution in [-0.2, 0) is 4.74 Å². The van der Waals surface area contributed by atoms with Gasteiger partial charge in [-0.25, -0.2) is 0 Å². The minimum Gasteiger partial charge on any atom is -0.378 e. The summed E-state index contributed by atoms with van der Waals surface area (Å²) in [5, 5.41) is 0. The van der Waals surface area contributed by atoms with Crippen molar-refractivity contribution in [1.82, 2.24) is 0 Å². The third-order valence-corrected chi connectivity index (χ3v) is 2.28. The lowest BCUT2D eigenvalue weighted by molar-refractivity contribution is -0.0351. The number of ether oxygens (including phenoxy) is 1. The minimum atomic E-state index is 0.538. The first-order chi connectivity index (χ1) is 4.70. The van der Waals surface area contributed by atoms with Crippen molar-refractivity contribution in [2.24, 2.45) is 11.8 Å². The molecule has 1 fully saturated rings.